The lowest BCUT2D eigenvalue weighted by Crippen LogP contribution is -2.48. The summed E-state index contributed by atoms with van der Waals surface area (Å²) >= 11 is 0. The third kappa shape index (κ3) is 5.47. The molecule has 4 rings (SSSR count). The molecule has 0 unspecified atom stereocenters. The van der Waals surface area contributed by atoms with Crippen LogP contribution in [0.4, 0.5) is 4.79 Å². The zero-order valence-corrected chi connectivity index (χ0v) is 17.2. The highest BCUT2D eigenvalue weighted by atomic mass is 16.6. The van der Waals surface area contributed by atoms with Gasteiger partial charge in [-0.05, 0) is 35.4 Å². The molecule has 0 aliphatic carbocycles. The van der Waals surface area contributed by atoms with Gasteiger partial charge in [0, 0.05) is 57.9 Å². The Morgan fingerprint density at radius 1 is 0.968 bits per heavy atom. The number of amides is 1. The number of aromatic nitrogens is 3. The van der Waals surface area contributed by atoms with E-state index in [0.717, 1.165) is 36.5 Å². The van der Waals surface area contributed by atoms with Crippen LogP contribution in [0.15, 0.2) is 61.3 Å². The van der Waals surface area contributed by atoms with Crippen LogP contribution in [0.5, 0.6) is 0 Å². The first kappa shape index (κ1) is 20.6. The van der Waals surface area contributed by atoms with Crippen LogP contribution in [-0.4, -0.2) is 56.6 Å². The van der Waals surface area contributed by atoms with Gasteiger partial charge in [0.1, 0.15) is 6.61 Å². The average molecular weight is 416 g/mol. The highest BCUT2D eigenvalue weighted by molar-refractivity contribution is 5.67. The normalized spacial score (nSPS) is 14.2. The molecule has 1 saturated heterocycles. The minimum absolute atomic E-state index is 0.260. The molecule has 0 bridgehead atoms. The van der Waals surface area contributed by atoms with Crippen molar-refractivity contribution in [2.45, 2.75) is 19.7 Å². The number of pyridine rings is 1. The van der Waals surface area contributed by atoms with Gasteiger partial charge in [-0.15, -0.1) is 0 Å². The molecule has 0 N–H and O–H groups in total. The Morgan fingerprint density at radius 3 is 2.42 bits per heavy atom. The quantitative estimate of drug-likeness (QED) is 0.614. The molecular weight excluding hydrogens is 392 g/mol. The Bertz CT molecular complexity index is 1030. The topological polar surface area (TPSA) is 87.3 Å². The van der Waals surface area contributed by atoms with E-state index in [2.05, 4.69) is 25.5 Å². The van der Waals surface area contributed by atoms with Crippen molar-refractivity contribution in [3.05, 3.63) is 83.7 Å². The largest absolute Gasteiger partial charge is 0.445 e. The molecule has 0 saturated carbocycles. The van der Waals surface area contributed by atoms with Crippen molar-refractivity contribution in [2.75, 3.05) is 26.2 Å². The number of nitrogens with zero attached hydrogens (tertiary/aromatic N) is 6. The average Bonchev–Trinajstić information content (AvgIpc) is 3.25. The standard InChI is InChI=1S/C23H24N6O2/c24-13-19-1-3-20(4-2-19)15-29-18-26-14-22(29)16-27-9-11-28(12-10-27)23(30)31-17-21-5-7-25-8-6-21/h1-8,14,18H,9-12,15-17H2. The van der Waals surface area contributed by atoms with Crippen LogP contribution < -0.4 is 0 Å². The van der Waals surface area contributed by atoms with Gasteiger partial charge >= 0.3 is 6.09 Å². The molecule has 1 aliphatic rings. The molecule has 0 radical (unpaired) electrons. The van der Waals surface area contributed by atoms with E-state index in [1.54, 1.807) is 17.3 Å². The molecule has 1 aromatic carbocycles. The Balaban J connectivity index is 1.26. The van der Waals surface area contributed by atoms with Crippen molar-refractivity contribution < 1.29 is 9.53 Å². The fourth-order valence-corrected chi connectivity index (χ4v) is 3.54. The van der Waals surface area contributed by atoms with Gasteiger partial charge in [-0.3, -0.25) is 9.88 Å². The van der Waals surface area contributed by atoms with Crippen molar-refractivity contribution >= 4 is 6.09 Å². The molecule has 1 aliphatic heterocycles. The predicted octanol–water partition coefficient (Wildman–Crippen LogP) is 2.65. The Hall–Kier alpha value is -3.70. The molecule has 8 nitrogen and oxygen atoms in total. The van der Waals surface area contributed by atoms with E-state index in [-0.39, 0.29) is 12.7 Å². The van der Waals surface area contributed by atoms with Gasteiger partial charge < -0.3 is 14.2 Å². The molecule has 31 heavy (non-hydrogen) atoms. The number of carbonyl (C=O) groups is 1. The van der Waals surface area contributed by atoms with E-state index in [4.69, 9.17) is 10.00 Å². The maximum Gasteiger partial charge on any atom is 0.410 e. The third-order valence-electron chi connectivity index (χ3n) is 5.36. The fraction of sp³-hybridized carbons (Fsp3) is 0.304. The SMILES string of the molecule is N#Cc1ccc(Cn2cncc2CN2CCN(C(=O)OCc3ccncc3)CC2)cc1. The summed E-state index contributed by atoms with van der Waals surface area (Å²) in [4.78, 5) is 24.7. The van der Waals surface area contributed by atoms with Gasteiger partial charge in [-0.2, -0.15) is 5.26 Å². The lowest BCUT2D eigenvalue weighted by Gasteiger charge is -2.34. The highest BCUT2D eigenvalue weighted by Crippen LogP contribution is 2.13. The van der Waals surface area contributed by atoms with Gasteiger partial charge in [0.2, 0.25) is 0 Å². The second-order valence-corrected chi connectivity index (χ2v) is 7.49. The fourth-order valence-electron chi connectivity index (χ4n) is 3.54. The number of carbonyl (C=O) groups excluding carboxylic acids is 1. The van der Waals surface area contributed by atoms with E-state index in [1.165, 1.54) is 0 Å². The molecular formula is C23H24N6O2. The smallest absolute Gasteiger partial charge is 0.410 e. The summed E-state index contributed by atoms with van der Waals surface area (Å²) in [5.41, 5.74) is 3.84. The van der Waals surface area contributed by atoms with Gasteiger partial charge in [0.05, 0.1) is 23.7 Å². The minimum atomic E-state index is -0.276. The maximum absolute atomic E-state index is 12.3. The number of ether oxygens (including phenoxy) is 1. The lowest BCUT2D eigenvalue weighted by atomic mass is 10.1. The van der Waals surface area contributed by atoms with Crippen molar-refractivity contribution in [3.63, 3.8) is 0 Å². The van der Waals surface area contributed by atoms with Gasteiger partial charge in [-0.25, -0.2) is 9.78 Å². The Morgan fingerprint density at radius 2 is 1.71 bits per heavy atom. The zero-order valence-electron chi connectivity index (χ0n) is 17.2. The summed E-state index contributed by atoms with van der Waals surface area (Å²) in [7, 11) is 0. The summed E-state index contributed by atoms with van der Waals surface area (Å²) in [5, 5.41) is 8.94. The van der Waals surface area contributed by atoms with Crippen molar-refractivity contribution in [2.24, 2.45) is 0 Å². The Labute approximate surface area is 181 Å². The van der Waals surface area contributed by atoms with Crippen LogP contribution in [0.2, 0.25) is 0 Å². The predicted molar refractivity (Wildman–Crippen MR) is 114 cm³/mol. The van der Waals surface area contributed by atoms with Crippen molar-refractivity contribution in [1.29, 1.82) is 5.26 Å². The molecule has 2 aromatic heterocycles. The van der Waals surface area contributed by atoms with E-state index in [0.29, 0.717) is 25.2 Å². The van der Waals surface area contributed by atoms with E-state index in [1.807, 2.05) is 48.9 Å². The number of hydrogen-bond acceptors (Lipinski definition) is 6. The third-order valence-corrected chi connectivity index (χ3v) is 5.36. The number of piperazine rings is 1. The zero-order chi connectivity index (χ0) is 21.5. The molecule has 3 heterocycles. The first-order valence-electron chi connectivity index (χ1n) is 10.2. The number of nitriles is 1. The van der Waals surface area contributed by atoms with E-state index < -0.39 is 0 Å². The van der Waals surface area contributed by atoms with Crippen LogP contribution in [0, 0.1) is 11.3 Å². The van der Waals surface area contributed by atoms with Crippen molar-refractivity contribution in [3.8, 4) is 6.07 Å². The van der Waals surface area contributed by atoms with Crippen LogP contribution in [0.3, 0.4) is 0 Å². The highest BCUT2D eigenvalue weighted by Gasteiger charge is 2.23. The molecule has 3 aromatic rings. The monoisotopic (exact) mass is 416 g/mol. The molecule has 8 heteroatoms. The summed E-state index contributed by atoms with van der Waals surface area (Å²) in [6.45, 7) is 4.59. The number of hydrogen-bond donors (Lipinski definition) is 0. The molecule has 1 fully saturated rings. The van der Waals surface area contributed by atoms with Crippen LogP contribution >= 0.6 is 0 Å². The lowest BCUT2D eigenvalue weighted by molar-refractivity contribution is 0.0695. The summed E-state index contributed by atoms with van der Waals surface area (Å²) in [6, 6.07) is 13.4. The first-order chi connectivity index (χ1) is 15.2. The van der Waals surface area contributed by atoms with Crippen molar-refractivity contribution in [1.82, 2.24) is 24.3 Å². The number of rotatable bonds is 6. The van der Waals surface area contributed by atoms with Gasteiger partial charge in [0.15, 0.2) is 0 Å². The summed E-state index contributed by atoms with van der Waals surface area (Å²) < 4.78 is 7.54. The van der Waals surface area contributed by atoms with E-state index in [9.17, 15) is 4.79 Å². The first-order valence-corrected chi connectivity index (χ1v) is 10.2. The Kier molecular flexibility index (Phi) is 6.55. The van der Waals surface area contributed by atoms with E-state index >= 15 is 0 Å². The second kappa shape index (κ2) is 9.87. The van der Waals surface area contributed by atoms with Crippen LogP contribution in [0.1, 0.15) is 22.4 Å². The number of imidazole rings is 1. The second-order valence-electron chi connectivity index (χ2n) is 7.49. The molecule has 0 atom stereocenters. The van der Waals surface area contributed by atoms with Gasteiger partial charge in [0.25, 0.3) is 0 Å². The number of benzene rings is 1. The summed E-state index contributed by atoms with van der Waals surface area (Å²) in [5.74, 6) is 0. The van der Waals surface area contributed by atoms with Crippen LogP contribution in [0.25, 0.3) is 0 Å². The molecule has 1 amide bonds. The maximum atomic E-state index is 12.3. The van der Waals surface area contributed by atoms with Gasteiger partial charge in [-0.1, -0.05) is 12.1 Å². The molecule has 158 valence electrons. The van der Waals surface area contributed by atoms with Crippen LogP contribution in [-0.2, 0) is 24.4 Å². The molecule has 0 spiro atoms. The minimum Gasteiger partial charge on any atom is -0.445 e. The summed E-state index contributed by atoms with van der Waals surface area (Å²) in [6.07, 6.45) is 6.82.